The lowest BCUT2D eigenvalue weighted by atomic mass is 10.2. The molecule has 0 fully saturated rings. The highest BCUT2D eigenvalue weighted by molar-refractivity contribution is 7.98. The number of H-pyrrole nitrogens is 2. The van der Waals surface area contributed by atoms with Gasteiger partial charge in [-0.05, 0) is 60.9 Å². The molecule has 1 heterocycles. The molecule has 0 radical (unpaired) electrons. The van der Waals surface area contributed by atoms with Crippen LogP contribution in [0.3, 0.4) is 0 Å². The van der Waals surface area contributed by atoms with Crippen LogP contribution in [0, 0.1) is 0 Å². The highest BCUT2D eigenvalue weighted by Crippen LogP contribution is 2.18. The van der Waals surface area contributed by atoms with Crippen molar-refractivity contribution in [3.8, 4) is 5.75 Å². The van der Waals surface area contributed by atoms with Crippen molar-refractivity contribution in [2.75, 3.05) is 24.4 Å². The van der Waals surface area contributed by atoms with Crippen molar-refractivity contribution in [1.29, 1.82) is 0 Å². The van der Waals surface area contributed by atoms with Gasteiger partial charge >= 0.3 is 11.1 Å². The van der Waals surface area contributed by atoms with Gasteiger partial charge in [-0.25, -0.2) is 8.42 Å². The van der Waals surface area contributed by atoms with Crippen molar-refractivity contribution in [2.45, 2.75) is 17.4 Å². The minimum Gasteiger partial charge on any atom is -0.497 e. The summed E-state index contributed by atoms with van der Waals surface area (Å²) in [5.41, 5.74) is -0.794. The molecule has 32 heavy (non-hydrogen) atoms. The number of carbonyl (C=O) groups excluding carboxylic acids is 1. The first-order valence-electron chi connectivity index (χ1n) is 9.46. The molecule has 1 unspecified atom stereocenters. The number of nitrogens with one attached hydrogen (secondary N) is 4. The first-order valence-corrected chi connectivity index (χ1v) is 12.3. The Morgan fingerprint density at radius 3 is 2.34 bits per heavy atom. The summed E-state index contributed by atoms with van der Waals surface area (Å²) in [6, 6.07) is 9.51. The topological polar surface area (TPSA) is 150 Å². The average Bonchev–Trinajstić information content (AvgIpc) is 2.77. The Kier molecular flexibility index (Phi) is 7.38. The van der Waals surface area contributed by atoms with E-state index in [2.05, 4.69) is 20.0 Å². The van der Waals surface area contributed by atoms with Gasteiger partial charge < -0.3 is 20.0 Å². The fourth-order valence-electron chi connectivity index (χ4n) is 2.90. The third-order valence-electron chi connectivity index (χ3n) is 4.59. The number of thioether (sulfide) groups is 1. The number of carbonyl (C=O) groups is 1. The van der Waals surface area contributed by atoms with E-state index in [4.69, 9.17) is 4.74 Å². The Morgan fingerprint density at radius 2 is 1.72 bits per heavy atom. The quantitative estimate of drug-likeness (QED) is 0.338. The van der Waals surface area contributed by atoms with Gasteiger partial charge in [0.15, 0.2) is 0 Å². The van der Waals surface area contributed by atoms with Crippen LogP contribution in [0.25, 0.3) is 11.0 Å². The smallest absolute Gasteiger partial charge is 0.314 e. The molecule has 0 aliphatic rings. The number of aromatic nitrogens is 2. The van der Waals surface area contributed by atoms with E-state index in [1.807, 2.05) is 6.26 Å². The monoisotopic (exact) mass is 478 g/mol. The van der Waals surface area contributed by atoms with Crippen molar-refractivity contribution in [3.05, 3.63) is 63.2 Å². The summed E-state index contributed by atoms with van der Waals surface area (Å²) in [5.74, 6) is 0.666. The number of ether oxygens (including phenoxy) is 1. The van der Waals surface area contributed by atoms with E-state index in [-0.39, 0.29) is 22.3 Å². The van der Waals surface area contributed by atoms with Crippen LogP contribution in [0.2, 0.25) is 0 Å². The van der Waals surface area contributed by atoms with E-state index in [0.29, 0.717) is 17.2 Å². The number of benzene rings is 2. The van der Waals surface area contributed by atoms with Crippen molar-refractivity contribution in [3.63, 3.8) is 0 Å². The fourth-order valence-corrected chi connectivity index (χ4v) is 4.63. The molecule has 2 aromatic carbocycles. The number of anilines is 1. The first kappa shape index (κ1) is 23.6. The third kappa shape index (κ3) is 5.58. The molecule has 10 nitrogen and oxygen atoms in total. The van der Waals surface area contributed by atoms with Crippen LogP contribution in [0.5, 0.6) is 5.75 Å². The summed E-state index contributed by atoms with van der Waals surface area (Å²) >= 11 is 1.48. The summed E-state index contributed by atoms with van der Waals surface area (Å²) in [5, 5.41) is 2.70. The molecular formula is C20H22N4O6S2. The lowest BCUT2D eigenvalue weighted by Gasteiger charge is -2.18. The van der Waals surface area contributed by atoms with Gasteiger partial charge in [0.05, 0.1) is 23.0 Å². The molecule has 0 aliphatic heterocycles. The second-order valence-corrected chi connectivity index (χ2v) is 9.49. The molecule has 0 aliphatic carbocycles. The molecule has 3 aromatic rings. The second-order valence-electron chi connectivity index (χ2n) is 6.79. The van der Waals surface area contributed by atoms with Gasteiger partial charge in [-0.3, -0.25) is 14.4 Å². The number of hydrogen-bond donors (Lipinski definition) is 4. The zero-order chi connectivity index (χ0) is 23.3. The first-order chi connectivity index (χ1) is 15.2. The SMILES string of the molecule is COc1ccc(NC(=O)C(CCSC)NS(=O)(=O)c2ccc3[nH]c(=O)c(=O)[nH]c3c2)cc1. The molecule has 1 aromatic heterocycles. The average molecular weight is 479 g/mol. The van der Waals surface area contributed by atoms with Crippen LogP contribution >= 0.6 is 11.8 Å². The summed E-state index contributed by atoms with van der Waals surface area (Å²) in [6.07, 6.45) is 2.12. The summed E-state index contributed by atoms with van der Waals surface area (Å²) in [7, 11) is -2.58. The maximum atomic E-state index is 13.0. The largest absolute Gasteiger partial charge is 0.497 e. The van der Waals surface area contributed by atoms with E-state index >= 15 is 0 Å². The summed E-state index contributed by atoms with van der Waals surface area (Å²) < 4.78 is 33.4. The molecule has 0 saturated carbocycles. The Morgan fingerprint density at radius 1 is 1.06 bits per heavy atom. The van der Waals surface area contributed by atoms with E-state index < -0.39 is 33.1 Å². The molecule has 4 N–H and O–H groups in total. The zero-order valence-electron chi connectivity index (χ0n) is 17.3. The highest BCUT2D eigenvalue weighted by Gasteiger charge is 2.26. The second kappa shape index (κ2) is 10.0. The number of aromatic amines is 2. The van der Waals surface area contributed by atoms with E-state index in [0.717, 1.165) is 0 Å². The number of sulfonamides is 1. The standard InChI is InChI=1S/C20H22N4O6S2/c1-30-13-5-3-12(4-6-13)21-18(25)16(9-10-31-2)24-32(28,29)14-7-8-15-17(11-14)23-20(27)19(26)22-15/h3-8,11,16,24H,9-10H2,1-2H3,(H,21,25)(H,22,26)(H,23,27). The fraction of sp³-hybridized carbons (Fsp3) is 0.250. The minimum absolute atomic E-state index is 0.154. The van der Waals surface area contributed by atoms with E-state index in [9.17, 15) is 22.8 Å². The van der Waals surface area contributed by atoms with Crippen molar-refractivity contribution >= 4 is 44.4 Å². The molecular weight excluding hydrogens is 456 g/mol. The van der Waals surface area contributed by atoms with Crippen molar-refractivity contribution in [1.82, 2.24) is 14.7 Å². The van der Waals surface area contributed by atoms with E-state index in [1.165, 1.54) is 37.1 Å². The van der Waals surface area contributed by atoms with Gasteiger partial charge in [-0.1, -0.05) is 0 Å². The van der Waals surface area contributed by atoms with E-state index in [1.54, 1.807) is 24.3 Å². The van der Waals surface area contributed by atoms with Crippen LogP contribution < -0.4 is 25.9 Å². The lowest BCUT2D eigenvalue weighted by molar-refractivity contribution is -0.117. The van der Waals surface area contributed by atoms with Gasteiger partial charge in [0.1, 0.15) is 11.8 Å². The zero-order valence-corrected chi connectivity index (χ0v) is 18.9. The van der Waals surface area contributed by atoms with Crippen LogP contribution in [0.1, 0.15) is 6.42 Å². The van der Waals surface area contributed by atoms with Crippen molar-refractivity contribution < 1.29 is 17.9 Å². The van der Waals surface area contributed by atoms with Crippen LogP contribution in [0.4, 0.5) is 5.69 Å². The summed E-state index contributed by atoms with van der Waals surface area (Å²) in [6.45, 7) is 0. The Hall–Kier alpha value is -3.09. The van der Waals surface area contributed by atoms with Gasteiger partial charge in [-0.2, -0.15) is 16.5 Å². The Balaban J connectivity index is 1.85. The maximum Gasteiger partial charge on any atom is 0.314 e. The number of hydrogen-bond acceptors (Lipinski definition) is 7. The lowest BCUT2D eigenvalue weighted by Crippen LogP contribution is -2.44. The van der Waals surface area contributed by atoms with Crippen LogP contribution in [-0.4, -0.2) is 49.5 Å². The third-order valence-corrected chi connectivity index (χ3v) is 6.70. The number of fused-ring (bicyclic) bond motifs is 1. The van der Waals surface area contributed by atoms with Gasteiger partial charge in [-0.15, -0.1) is 0 Å². The Bertz CT molecular complexity index is 1330. The number of methoxy groups -OCH3 is 1. The van der Waals surface area contributed by atoms with Gasteiger partial charge in [0, 0.05) is 5.69 Å². The van der Waals surface area contributed by atoms with Crippen LogP contribution in [-0.2, 0) is 14.8 Å². The normalized spacial score (nSPS) is 12.4. The Labute approximate surface area is 187 Å². The molecule has 12 heteroatoms. The number of rotatable bonds is 9. The molecule has 1 amide bonds. The molecule has 0 bridgehead atoms. The predicted molar refractivity (Wildman–Crippen MR) is 124 cm³/mol. The molecule has 170 valence electrons. The number of amides is 1. The van der Waals surface area contributed by atoms with Gasteiger partial charge in [0.25, 0.3) is 0 Å². The van der Waals surface area contributed by atoms with Gasteiger partial charge in [0.2, 0.25) is 15.9 Å². The highest BCUT2D eigenvalue weighted by atomic mass is 32.2. The van der Waals surface area contributed by atoms with Crippen molar-refractivity contribution in [2.24, 2.45) is 0 Å². The molecule has 0 spiro atoms. The van der Waals surface area contributed by atoms with Crippen LogP contribution in [0.15, 0.2) is 56.9 Å². The molecule has 3 rings (SSSR count). The molecule has 0 saturated heterocycles. The maximum absolute atomic E-state index is 13.0. The minimum atomic E-state index is -4.11. The predicted octanol–water partition coefficient (Wildman–Crippen LogP) is 1.26. The molecule has 1 atom stereocenters. The summed E-state index contributed by atoms with van der Waals surface area (Å²) in [4.78, 5) is 40.4.